The Morgan fingerprint density at radius 2 is 0.909 bits per heavy atom. The molecule has 0 rings (SSSR count). The quantitative estimate of drug-likeness (QED) is 0.678. The molecule has 0 aromatic carbocycles. The maximum atomic E-state index is 12.2. The van der Waals surface area contributed by atoms with Crippen LogP contribution in [0.15, 0.2) is 0 Å². The summed E-state index contributed by atoms with van der Waals surface area (Å²) in [6, 6.07) is 0. The molecule has 0 saturated heterocycles. The van der Waals surface area contributed by atoms with Gasteiger partial charge in [0.15, 0.2) is 0 Å². The van der Waals surface area contributed by atoms with Crippen molar-refractivity contribution in [1.82, 2.24) is 8.66 Å². The molecule has 0 aliphatic carbocycles. The molecule has 0 fully saturated rings. The second kappa shape index (κ2) is 3.98. The first-order chi connectivity index (χ1) is 4.83. The molecule has 0 aromatic rings. The molecule has 0 bridgehead atoms. The van der Waals surface area contributed by atoms with Crippen LogP contribution in [-0.4, -0.2) is 50.9 Å². The van der Waals surface area contributed by atoms with E-state index in [4.69, 9.17) is 0 Å². The number of hydrogen-bond acceptors (Lipinski definition) is 1. The molecule has 0 spiro atoms. The van der Waals surface area contributed by atoms with Gasteiger partial charge in [0.25, 0.3) is 0 Å². The van der Waals surface area contributed by atoms with Gasteiger partial charge in [0.2, 0.25) is 0 Å². The van der Waals surface area contributed by atoms with Crippen molar-refractivity contribution >= 4 is 0 Å². The van der Waals surface area contributed by atoms with Crippen LogP contribution in [0.2, 0.25) is 0 Å². The Hall–Kier alpha value is 0.550. The first-order valence-corrected chi connectivity index (χ1v) is 9.85. The number of rotatable bonds is 3. The Morgan fingerprint density at radius 3 is 0.909 bits per heavy atom. The number of hydrogen-bond donors (Lipinski definition) is 0. The van der Waals surface area contributed by atoms with Crippen LogP contribution in [0, 0.1) is 0 Å². The first kappa shape index (κ1) is 11.6. The van der Waals surface area contributed by atoms with Crippen LogP contribution in [0.4, 0.5) is 0 Å². The number of nitrogens with zero attached hydrogens (tertiary/aromatic N) is 3. The van der Waals surface area contributed by atoms with E-state index in [1.165, 1.54) is 0 Å². The molecule has 0 saturated carbocycles. The van der Waals surface area contributed by atoms with Gasteiger partial charge < -0.3 is 0 Å². The van der Waals surface area contributed by atoms with Gasteiger partial charge in [-0.1, -0.05) is 0 Å². The van der Waals surface area contributed by atoms with Crippen molar-refractivity contribution in [3.8, 4) is 0 Å². The van der Waals surface area contributed by atoms with E-state index in [1.54, 1.807) is 0 Å². The van der Waals surface area contributed by atoms with E-state index in [0.29, 0.717) is 0 Å². The van der Waals surface area contributed by atoms with Crippen molar-refractivity contribution < 1.29 is 23.7 Å². The standard InChI is InChI=1S/3C2H6N.Hf.O/c3*1-3-2;;/h3*1-2H3;;/q3*-1;+3;. The van der Waals surface area contributed by atoms with Crippen molar-refractivity contribution in [3.05, 3.63) is 0 Å². The molecular formula is C6H18HfN3O. The average molecular weight is 327 g/mol. The fourth-order valence-electron chi connectivity index (χ4n) is 1.20. The van der Waals surface area contributed by atoms with Gasteiger partial charge in [0, 0.05) is 0 Å². The normalized spacial score (nSPS) is 13.5. The molecule has 0 atom stereocenters. The van der Waals surface area contributed by atoms with E-state index in [0.717, 1.165) is 0 Å². The summed E-state index contributed by atoms with van der Waals surface area (Å²) in [5, 5.41) is 0. The molecule has 0 radical (unpaired) electrons. The zero-order valence-electron chi connectivity index (χ0n) is 8.25. The van der Waals surface area contributed by atoms with Crippen LogP contribution in [0.3, 0.4) is 0 Å². The summed E-state index contributed by atoms with van der Waals surface area (Å²) in [4.78, 5) is 0. The zero-order chi connectivity index (χ0) is 9.23. The molecule has 0 aromatic heterocycles. The molecule has 0 amide bonds. The van der Waals surface area contributed by atoms with E-state index in [-0.39, 0.29) is 0 Å². The van der Waals surface area contributed by atoms with Crippen LogP contribution in [0.25, 0.3) is 0 Å². The Morgan fingerprint density at radius 1 is 0.727 bits per heavy atom. The van der Waals surface area contributed by atoms with Gasteiger partial charge in [-0.25, -0.2) is 0 Å². The maximum absolute atomic E-state index is 12.2. The second-order valence-corrected chi connectivity index (χ2v) is 17.0. The van der Waals surface area contributed by atoms with Crippen LogP contribution in [0.5, 0.6) is 0 Å². The van der Waals surface area contributed by atoms with Gasteiger partial charge in [0.05, 0.1) is 0 Å². The van der Waals surface area contributed by atoms with Crippen molar-refractivity contribution in [2.24, 2.45) is 0 Å². The summed E-state index contributed by atoms with van der Waals surface area (Å²) < 4.78 is 17.8. The van der Waals surface area contributed by atoms with Crippen molar-refractivity contribution in [2.75, 3.05) is 42.3 Å². The van der Waals surface area contributed by atoms with E-state index in [2.05, 4.69) is 0 Å². The SMILES string of the molecule is C[N](C)[Hf](=[O])([N](C)C)[N](C)C. The van der Waals surface area contributed by atoms with Crippen molar-refractivity contribution in [3.63, 3.8) is 0 Å². The summed E-state index contributed by atoms with van der Waals surface area (Å²) >= 11 is -3.62. The molecule has 0 N–H and O–H groups in total. The molecule has 0 unspecified atom stereocenters. The Bertz CT molecular complexity index is 139. The van der Waals surface area contributed by atoms with Crippen molar-refractivity contribution in [2.45, 2.75) is 0 Å². The third kappa shape index (κ3) is 2.24. The summed E-state index contributed by atoms with van der Waals surface area (Å²) in [7, 11) is 11.2. The van der Waals surface area contributed by atoms with Gasteiger partial charge in [-0.2, -0.15) is 0 Å². The van der Waals surface area contributed by atoms with Crippen LogP contribution >= 0.6 is 0 Å². The van der Waals surface area contributed by atoms with Gasteiger partial charge in [-0.3, -0.25) is 0 Å². The molecular weight excluding hydrogens is 309 g/mol. The minimum absolute atomic E-state index is 1.85. The third-order valence-corrected chi connectivity index (χ3v) is 14.3. The fraction of sp³-hybridized carbons (Fsp3) is 1.00. The summed E-state index contributed by atoms with van der Waals surface area (Å²) in [5.74, 6) is 0. The van der Waals surface area contributed by atoms with Crippen LogP contribution in [-0.2, 0) is 23.7 Å². The van der Waals surface area contributed by atoms with E-state index >= 15 is 0 Å². The summed E-state index contributed by atoms with van der Waals surface area (Å²) in [5.41, 5.74) is 0. The minimum atomic E-state index is -3.62. The van der Waals surface area contributed by atoms with Crippen LogP contribution < -0.4 is 0 Å². The Labute approximate surface area is 74.7 Å². The van der Waals surface area contributed by atoms with E-state index < -0.39 is 20.8 Å². The fourth-order valence-corrected chi connectivity index (χ4v) is 9.82. The third-order valence-electron chi connectivity index (χ3n) is 1.75. The molecule has 5 heteroatoms. The van der Waals surface area contributed by atoms with Gasteiger partial charge in [-0.15, -0.1) is 0 Å². The summed E-state index contributed by atoms with van der Waals surface area (Å²) in [6.45, 7) is 0. The summed E-state index contributed by atoms with van der Waals surface area (Å²) in [6.07, 6.45) is 0. The topological polar surface area (TPSA) is 26.8 Å². The van der Waals surface area contributed by atoms with E-state index in [9.17, 15) is 2.85 Å². The molecule has 11 heavy (non-hydrogen) atoms. The van der Waals surface area contributed by atoms with Crippen molar-refractivity contribution in [1.29, 1.82) is 0 Å². The predicted molar refractivity (Wildman–Crippen MR) is 41.7 cm³/mol. The van der Waals surface area contributed by atoms with Gasteiger partial charge >= 0.3 is 74.6 Å². The van der Waals surface area contributed by atoms with Crippen LogP contribution in [0.1, 0.15) is 0 Å². The first-order valence-electron chi connectivity index (χ1n) is 3.56. The van der Waals surface area contributed by atoms with E-state index in [1.807, 2.05) is 50.9 Å². The second-order valence-electron chi connectivity index (χ2n) is 3.26. The van der Waals surface area contributed by atoms with Gasteiger partial charge in [-0.05, 0) is 0 Å². The van der Waals surface area contributed by atoms with Gasteiger partial charge in [0.1, 0.15) is 0 Å². The average Bonchev–Trinajstić information content (AvgIpc) is 1.84. The zero-order valence-corrected chi connectivity index (χ0v) is 11.8. The molecule has 4 nitrogen and oxygen atoms in total. The molecule has 0 heterocycles. The Balaban J connectivity index is 4.69. The molecule has 67 valence electrons. The predicted octanol–water partition coefficient (Wildman–Crippen LogP) is -0.0844. The molecule has 0 aliphatic rings. The monoisotopic (exact) mass is 328 g/mol. The Kier molecular flexibility index (Phi) is 4.18. The molecule has 0 aliphatic heterocycles.